The van der Waals surface area contributed by atoms with Gasteiger partial charge in [-0.1, -0.05) is 32.4 Å². The molecule has 1 aromatic carbocycles. The molecule has 0 aromatic heterocycles. The Morgan fingerprint density at radius 3 is 2.17 bits per heavy atom. The maximum atomic E-state index is 10.4. The second kappa shape index (κ2) is 6.30. The minimum Gasteiger partial charge on any atom is -0.495 e. The Morgan fingerprint density at radius 1 is 1.11 bits per heavy atom. The van der Waals surface area contributed by atoms with Gasteiger partial charge >= 0.3 is 0 Å². The Hall–Kier alpha value is -0.930. The molecule has 18 heavy (non-hydrogen) atoms. The van der Waals surface area contributed by atoms with Crippen LogP contribution in [0, 0.1) is 11.8 Å². The summed E-state index contributed by atoms with van der Waals surface area (Å²) in [6, 6.07) is 3.55. The second-order valence-electron chi connectivity index (χ2n) is 4.75. The van der Waals surface area contributed by atoms with Gasteiger partial charge < -0.3 is 14.6 Å². The normalized spacial score (nSPS) is 14.4. The summed E-state index contributed by atoms with van der Waals surface area (Å²) in [6.45, 7) is 6.16. The van der Waals surface area contributed by atoms with Crippen LogP contribution in [0.4, 0.5) is 0 Å². The number of halogens is 1. The van der Waals surface area contributed by atoms with E-state index < -0.39 is 6.10 Å². The molecule has 4 heteroatoms. The van der Waals surface area contributed by atoms with Crippen LogP contribution in [0.25, 0.3) is 0 Å². The minimum atomic E-state index is -0.608. The van der Waals surface area contributed by atoms with Crippen LogP contribution < -0.4 is 9.47 Å². The van der Waals surface area contributed by atoms with E-state index in [1.54, 1.807) is 19.2 Å². The highest BCUT2D eigenvalue weighted by Gasteiger charge is 2.25. The van der Waals surface area contributed by atoms with E-state index in [-0.39, 0.29) is 5.92 Å². The molecule has 2 atom stereocenters. The summed E-state index contributed by atoms with van der Waals surface area (Å²) < 4.78 is 10.4. The van der Waals surface area contributed by atoms with Crippen molar-refractivity contribution in [3.63, 3.8) is 0 Å². The zero-order valence-corrected chi connectivity index (χ0v) is 12.3. The van der Waals surface area contributed by atoms with Gasteiger partial charge in [0.15, 0.2) is 0 Å². The molecule has 102 valence electrons. The fourth-order valence-corrected chi connectivity index (χ4v) is 2.13. The molecule has 0 radical (unpaired) electrons. The van der Waals surface area contributed by atoms with Crippen molar-refractivity contribution in [3.8, 4) is 11.5 Å². The molecule has 0 saturated carbocycles. The van der Waals surface area contributed by atoms with Crippen LogP contribution in [-0.2, 0) is 0 Å². The van der Waals surface area contributed by atoms with Gasteiger partial charge in [0.05, 0.1) is 20.3 Å². The molecule has 1 aromatic rings. The van der Waals surface area contributed by atoms with Crippen molar-refractivity contribution in [2.75, 3.05) is 14.2 Å². The third-order valence-corrected chi connectivity index (χ3v) is 3.74. The predicted octanol–water partition coefficient (Wildman–Crippen LogP) is 3.68. The first-order chi connectivity index (χ1) is 8.43. The maximum absolute atomic E-state index is 10.4. The second-order valence-corrected chi connectivity index (χ2v) is 5.13. The van der Waals surface area contributed by atoms with Crippen LogP contribution >= 0.6 is 11.6 Å². The highest BCUT2D eigenvalue weighted by Crippen LogP contribution is 2.42. The molecule has 0 amide bonds. The Labute approximate surface area is 114 Å². The molecule has 0 fully saturated rings. The van der Waals surface area contributed by atoms with Gasteiger partial charge in [-0.05, 0) is 24.0 Å². The third kappa shape index (κ3) is 2.90. The lowest BCUT2D eigenvalue weighted by Crippen LogP contribution is -2.16. The molecule has 1 rings (SSSR count). The fraction of sp³-hybridized carbons (Fsp3) is 0.571. The van der Waals surface area contributed by atoms with Crippen molar-refractivity contribution in [1.29, 1.82) is 0 Å². The van der Waals surface area contributed by atoms with Gasteiger partial charge in [0.1, 0.15) is 16.5 Å². The lowest BCUT2D eigenvalue weighted by atomic mass is 9.88. The average molecular weight is 273 g/mol. The van der Waals surface area contributed by atoms with Crippen molar-refractivity contribution >= 4 is 11.6 Å². The van der Waals surface area contributed by atoms with E-state index in [9.17, 15) is 5.11 Å². The number of rotatable bonds is 5. The van der Waals surface area contributed by atoms with E-state index in [2.05, 4.69) is 13.8 Å². The van der Waals surface area contributed by atoms with Gasteiger partial charge in [-0.2, -0.15) is 0 Å². The van der Waals surface area contributed by atoms with Gasteiger partial charge in [0.2, 0.25) is 0 Å². The third-order valence-electron chi connectivity index (χ3n) is 3.38. The molecule has 1 N–H and O–H groups in total. The number of ether oxygens (including phenoxy) is 2. The molecule has 0 aliphatic rings. The zero-order chi connectivity index (χ0) is 13.9. The Bertz CT molecular complexity index is 404. The van der Waals surface area contributed by atoms with Crippen molar-refractivity contribution < 1.29 is 14.6 Å². The molecule has 2 unspecified atom stereocenters. The van der Waals surface area contributed by atoms with E-state index in [4.69, 9.17) is 21.1 Å². The van der Waals surface area contributed by atoms with E-state index >= 15 is 0 Å². The Kier molecular flexibility index (Phi) is 5.29. The topological polar surface area (TPSA) is 38.7 Å². The summed E-state index contributed by atoms with van der Waals surface area (Å²) in [7, 11) is 3.09. The first-order valence-electron chi connectivity index (χ1n) is 6.02. The standard InChI is InChI=1S/C14H21ClO3/c1-8(2)9(3)13(16)10-6-7-11(17-4)12(15)14(10)18-5/h6-9,13,16H,1-5H3. The molecule has 0 saturated heterocycles. The predicted molar refractivity (Wildman–Crippen MR) is 73.5 cm³/mol. The number of benzene rings is 1. The molecule has 0 aliphatic heterocycles. The van der Waals surface area contributed by atoms with Crippen LogP contribution in [0.2, 0.25) is 5.02 Å². The van der Waals surface area contributed by atoms with E-state index in [0.29, 0.717) is 28.0 Å². The molecule has 0 bridgehead atoms. The first kappa shape index (κ1) is 15.1. The summed E-state index contributed by atoms with van der Waals surface area (Å²) in [5.74, 6) is 1.51. The van der Waals surface area contributed by atoms with Crippen molar-refractivity contribution in [3.05, 3.63) is 22.7 Å². The SMILES string of the molecule is COc1ccc(C(O)C(C)C(C)C)c(OC)c1Cl. The van der Waals surface area contributed by atoms with Crippen LogP contribution in [0.5, 0.6) is 11.5 Å². The molecule has 0 aliphatic carbocycles. The van der Waals surface area contributed by atoms with Gasteiger partial charge in [-0.15, -0.1) is 0 Å². The molecular weight excluding hydrogens is 252 g/mol. The van der Waals surface area contributed by atoms with Crippen LogP contribution in [-0.4, -0.2) is 19.3 Å². The highest BCUT2D eigenvalue weighted by molar-refractivity contribution is 6.33. The van der Waals surface area contributed by atoms with E-state index in [0.717, 1.165) is 0 Å². The smallest absolute Gasteiger partial charge is 0.147 e. The number of hydrogen-bond donors (Lipinski definition) is 1. The zero-order valence-electron chi connectivity index (χ0n) is 11.5. The summed E-state index contributed by atoms with van der Waals surface area (Å²) in [6.07, 6.45) is -0.608. The number of hydrogen-bond acceptors (Lipinski definition) is 3. The highest BCUT2D eigenvalue weighted by atomic mass is 35.5. The lowest BCUT2D eigenvalue weighted by Gasteiger charge is -2.25. The average Bonchev–Trinajstić information content (AvgIpc) is 2.36. The summed E-state index contributed by atoms with van der Waals surface area (Å²) in [5.41, 5.74) is 0.699. The van der Waals surface area contributed by atoms with Gasteiger partial charge in [-0.3, -0.25) is 0 Å². The van der Waals surface area contributed by atoms with Crippen LogP contribution in [0.3, 0.4) is 0 Å². The fourth-order valence-electron chi connectivity index (χ4n) is 1.80. The summed E-state index contributed by atoms with van der Waals surface area (Å²) in [4.78, 5) is 0. The Balaban J connectivity index is 3.20. The van der Waals surface area contributed by atoms with E-state index in [1.807, 2.05) is 6.92 Å². The van der Waals surface area contributed by atoms with Crippen molar-refractivity contribution in [2.45, 2.75) is 26.9 Å². The minimum absolute atomic E-state index is 0.114. The summed E-state index contributed by atoms with van der Waals surface area (Å²) in [5, 5.41) is 10.8. The van der Waals surface area contributed by atoms with Crippen LogP contribution in [0.1, 0.15) is 32.4 Å². The van der Waals surface area contributed by atoms with Gasteiger partial charge in [-0.25, -0.2) is 0 Å². The quantitative estimate of drug-likeness (QED) is 0.889. The maximum Gasteiger partial charge on any atom is 0.147 e. The van der Waals surface area contributed by atoms with Crippen LogP contribution in [0.15, 0.2) is 12.1 Å². The molecule has 3 nitrogen and oxygen atoms in total. The van der Waals surface area contributed by atoms with Gasteiger partial charge in [0, 0.05) is 5.56 Å². The first-order valence-corrected chi connectivity index (χ1v) is 6.40. The molecular formula is C14H21ClO3. The Morgan fingerprint density at radius 2 is 1.72 bits per heavy atom. The summed E-state index contributed by atoms with van der Waals surface area (Å²) >= 11 is 6.18. The lowest BCUT2D eigenvalue weighted by molar-refractivity contribution is 0.0895. The monoisotopic (exact) mass is 272 g/mol. The van der Waals surface area contributed by atoms with Crippen molar-refractivity contribution in [1.82, 2.24) is 0 Å². The number of methoxy groups -OCH3 is 2. The molecule has 0 heterocycles. The largest absolute Gasteiger partial charge is 0.495 e. The van der Waals surface area contributed by atoms with Gasteiger partial charge in [0.25, 0.3) is 0 Å². The van der Waals surface area contributed by atoms with E-state index in [1.165, 1.54) is 7.11 Å². The number of aliphatic hydroxyl groups is 1. The molecule has 0 spiro atoms. The number of aliphatic hydroxyl groups excluding tert-OH is 1. The van der Waals surface area contributed by atoms with Crippen molar-refractivity contribution in [2.24, 2.45) is 11.8 Å².